The van der Waals surface area contributed by atoms with E-state index in [0.717, 1.165) is 0 Å². The van der Waals surface area contributed by atoms with E-state index in [1.807, 2.05) is 0 Å². The van der Waals surface area contributed by atoms with Crippen molar-refractivity contribution in [1.82, 2.24) is 15.1 Å². The highest BCUT2D eigenvalue weighted by Gasteiger charge is 2.25. The Morgan fingerprint density at radius 2 is 2.09 bits per heavy atom. The first-order valence-electron chi connectivity index (χ1n) is 6.71. The molecule has 0 aliphatic heterocycles. The van der Waals surface area contributed by atoms with Gasteiger partial charge in [-0.05, 0) is 46.6 Å². The summed E-state index contributed by atoms with van der Waals surface area (Å²) in [6, 6.07) is 5.25. The van der Waals surface area contributed by atoms with Crippen molar-refractivity contribution in [2.75, 3.05) is 7.11 Å². The van der Waals surface area contributed by atoms with Gasteiger partial charge in [0.1, 0.15) is 11.4 Å². The molecule has 2 aromatic rings. The van der Waals surface area contributed by atoms with Crippen molar-refractivity contribution < 1.29 is 19.4 Å². The van der Waals surface area contributed by atoms with Gasteiger partial charge in [-0.25, -0.2) is 4.79 Å². The van der Waals surface area contributed by atoms with Gasteiger partial charge in [-0.1, -0.05) is 6.07 Å². The van der Waals surface area contributed by atoms with Crippen LogP contribution < -0.4 is 10.1 Å². The number of methoxy groups -OCH3 is 1. The fourth-order valence-corrected chi connectivity index (χ4v) is 2.74. The summed E-state index contributed by atoms with van der Waals surface area (Å²) in [5, 5.41) is 16.0. The van der Waals surface area contributed by atoms with E-state index < -0.39 is 17.9 Å². The number of hydrogen-bond donors (Lipinski definition) is 2. The number of hydrogen-bond acceptors (Lipinski definition) is 4. The summed E-state index contributed by atoms with van der Waals surface area (Å²) in [5.74, 6) is -1.09. The molecule has 2 rings (SSSR count). The highest BCUT2D eigenvalue weighted by molar-refractivity contribution is 9.10. The maximum absolute atomic E-state index is 12.3. The molecule has 1 heterocycles. The van der Waals surface area contributed by atoms with E-state index in [-0.39, 0.29) is 0 Å². The summed E-state index contributed by atoms with van der Waals surface area (Å²) < 4.78 is 7.13. The Morgan fingerprint density at radius 3 is 2.57 bits per heavy atom. The molecule has 1 atom stereocenters. The van der Waals surface area contributed by atoms with E-state index in [2.05, 4.69) is 26.3 Å². The molecule has 1 amide bonds. The van der Waals surface area contributed by atoms with Crippen LogP contribution in [0.5, 0.6) is 5.75 Å². The number of carbonyl (C=O) groups is 2. The lowest BCUT2D eigenvalue weighted by Gasteiger charge is -2.16. The predicted octanol–water partition coefficient (Wildman–Crippen LogP) is 2.06. The molecule has 0 bridgehead atoms. The molecular weight excluding hydrogens is 366 g/mol. The molecule has 0 aliphatic rings. The maximum Gasteiger partial charge on any atom is 0.330 e. The number of aliphatic carboxylic acids is 1. The molecule has 0 fully saturated rings. The van der Waals surface area contributed by atoms with E-state index in [1.54, 1.807) is 38.2 Å². The van der Waals surface area contributed by atoms with Crippen LogP contribution in [0.3, 0.4) is 0 Å². The van der Waals surface area contributed by atoms with Gasteiger partial charge in [-0.15, -0.1) is 0 Å². The molecule has 1 unspecified atom stereocenters. The summed E-state index contributed by atoms with van der Waals surface area (Å²) in [6.45, 7) is 1.76. The van der Waals surface area contributed by atoms with Gasteiger partial charge in [0.15, 0.2) is 6.04 Å². The standard InChI is InChI=1S/C15H16BrN3O4/c1-8-6-11(19(2)18-8)14(20)17-13(15(21)22)9-4-5-12(23-3)10(16)7-9/h4-7,13H,1-3H3,(H,17,20)(H,21,22). The summed E-state index contributed by atoms with van der Waals surface area (Å²) in [5.41, 5.74) is 1.40. The van der Waals surface area contributed by atoms with Crippen LogP contribution in [0.15, 0.2) is 28.7 Å². The number of aryl methyl sites for hydroxylation is 2. The Hall–Kier alpha value is -2.35. The topological polar surface area (TPSA) is 93.5 Å². The van der Waals surface area contributed by atoms with Crippen molar-refractivity contribution in [3.05, 3.63) is 45.7 Å². The number of nitrogens with zero attached hydrogens (tertiary/aromatic N) is 2. The zero-order chi connectivity index (χ0) is 17.1. The molecule has 8 heteroatoms. The largest absolute Gasteiger partial charge is 0.496 e. The lowest BCUT2D eigenvalue weighted by molar-refractivity contribution is -0.139. The van der Waals surface area contributed by atoms with Gasteiger partial charge in [0, 0.05) is 7.05 Å². The minimum Gasteiger partial charge on any atom is -0.496 e. The Balaban J connectivity index is 2.29. The van der Waals surface area contributed by atoms with Crippen LogP contribution in [0.2, 0.25) is 0 Å². The first kappa shape index (κ1) is 17.0. The lowest BCUT2D eigenvalue weighted by atomic mass is 10.1. The van der Waals surface area contributed by atoms with Crippen molar-refractivity contribution in [2.24, 2.45) is 7.05 Å². The van der Waals surface area contributed by atoms with Crippen LogP contribution in [0, 0.1) is 6.92 Å². The van der Waals surface area contributed by atoms with Gasteiger partial charge in [-0.2, -0.15) is 5.10 Å². The maximum atomic E-state index is 12.3. The van der Waals surface area contributed by atoms with E-state index >= 15 is 0 Å². The van der Waals surface area contributed by atoms with Crippen molar-refractivity contribution in [3.8, 4) is 5.75 Å². The minimum atomic E-state index is -1.18. The second-order valence-electron chi connectivity index (χ2n) is 4.93. The first-order chi connectivity index (χ1) is 10.8. The number of ether oxygens (including phenoxy) is 1. The third kappa shape index (κ3) is 3.70. The Labute approximate surface area is 141 Å². The molecule has 1 aromatic heterocycles. The fraction of sp³-hybridized carbons (Fsp3) is 0.267. The predicted molar refractivity (Wildman–Crippen MR) is 86.5 cm³/mol. The number of benzene rings is 1. The van der Waals surface area contributed by atoms with E-state index in [0.29, 0.717) is 27.2 Å². The van der Waals surface area contributed by atoms with Crippen LogP contribution >= 0.6 is 15.9 Å². The summed E-state index contributed by atoms with van der Waals surface area (Å²) >= 11 is 3.31. The smallest absolute Gasteiger partial charge is 0.330 e. The number of rotatable bonds is 5. The normalized spacial score (nSPS) is 11.8. The van der Waals surface area contributed by atoms with E-state index in [1.165, 1.54) is 11.8 Å². The number of nitrogens with one attached hydrogen (secondary N) is 1. The van der Waals surface area contributed by atoms with E-state index in [9.17, 15) is 14.7 Å². The number of carbonyl (C=O) groups excluding carboxylic acids is 1. The van der Waals surface area contributed by atoms with Gasteiger partial charge in [0.05, 0.1) is 17.3 Å². The Morgan fingerprint density at radius 1 is 1.39 bits per heavy atom. The molecule has 0 saturated heterocycles. The van der Waals surface area contributed by atoms with Gasteiger partial charge in [-0.3, -0.25) is 9.48 Å². The summed E-state index contributed by atoms with van der Waals surface area (Å²) in [4.78, 5) is 23.8. The molecule has 23 heavy (non-hydrogen) atoms. The van der Waals surface area contributed by atoms with Crippen molar-refractivity contribution >= 4 is 27.8 Å². The molecular formula is C15H16BrN3O4. The fourth-order valence-electron chi connectivity index (χ4n) is 2.18. The zero-order valence-corrected chi connectivity index (χ0v) is 14.4. The second kappa shape index (κ2) is 6.82. The third-order valence-electron chi connectivity index (χ3n) is 3.27. The zero-order valence-electron chi connectivity index (χ0n) is 12.8. The molecule has 0 radical (unpaired) electrons. The minimum absolute atomic E-state index is 0.293. The van der Waals surface area contributed by atoms with Gasteiger partial charge >= 0.3 is 5.97 Å². The summed E-state index contributed by atoms with van der Waals surface area (Å²) in [6.07, 6.45) is 0. The van der Waals surface area contributed by atoms with Crippen molar-refractivity contribution in [2.45, 2.75) is 13.0 Å². The second-order valence-corrected chi connectivity index (χ2v) is 5.79. The average Bonchev–Trinajstić information content (AvgIpc) is 2.83. The van der Waals surface area contributed by atoms with Gasteiger partial charge in [0.2, 0.25) is 0 Å². The molecule has 122 valence electrons. The number of aromatic nitrogens is 2. The summed E-state index contributed by atoms with van der Waals surface area (Å²) in [7, 11) is 3.14. The monoisotopic (exact) mass is 381 g/mol. The van der Waals surface area contributed by atoms with Crippen molar-refractivity contribution in [1.29, 1.82) is 0 Å². The number of amides is 1. The molecule has 1 aromatic carbocycles. The first-order valence-corrected chi connectivity index (χ1v) is 7.50. The lowest BCUT2D eigenvalue weighted by Crippen LogP contribution is -2.34. The van der Waals surface area contributed by atoms with Gasteiger partial charge in [0.25, 0.3) is 5.91 Å². The Bertz CT molecular complexity index is 757. The number of halogens is 1. The molecule has 7 nitrogen and oxygen atoms in total. The molecule has 0 aliphatic carbocycles. The van der Waals surface area contributed by atoms with Crippen molar-refractivity contribution in [3.63, 3.8) is 0 Å². The highest BCUT2D eigenvalue weighted by Crippen LogP contribution is 2.28. The van der Waals surface area contributed by atoms with Crippen LogP contribution in [-0.4, -0.2) is 33.9 Å². The molecule has 0 saturated carbocycles. The van der Waals surface area contributed by atoms with E-state index in [4.69, 9.17) is 4.74 Å². The quantitative estimate of drug-likeness (QED) is 0.826. The number of carboxylic acids is 1. The van der Waals surface area contributed by atoms with Crippen LogP contribution in [-0.2, 0) is 11.8 Å². The SMILES string of the molecule is COc1ccc(C(NC(=O)c2cc(C)nn2C)C(=O)O)cc1Br. The third-order valence-corrected chi connectivity index (χ3v) is 3.89. The molecule has 2 N–H and O–H groups in total. The number of carboxylic acid groups (broad SMARTS) is 1. The van der Waals surface area contributed by atoms with Crippen LogP contribution in [0.1, 0.15) is 27.8 Å². The Kier molecular flexibility index (Phi) is 5.05. The highest BCUT2D eigenvalue weighted by atomic mass is 79.9. The average molecular weight is 382 g/mol. The van der Waals surface area contributed by atoms with Crippen LogP contribution in [0.25, 0.3) is 0 Å². The van der Waals surface area contributed by atoms with Gasteiger partial charge < -0.3 is 15.2 Å². The van der Waals surface area contributed by atoms with Crippen LogP contribution in [0.4, 0.5) is 0 Å². The molecule has 0 spiro atoms.